The van der Waals surface area contributed by atoms with Crippen LogP contribution in [0.3, 0.4) is 0 Å². The Morgan fingerprint density at radius 3 is 2.24 bits per heavy atom. The van der Waals surface area contributed by atoms with Gasteiger partial charge in [-0.1, -0.05) is 19.3 Å². The SMILES string of the molecule is O=C(N1CCCCC1)N1CCCC2(CCN(C3CCCCC3)C2=O)C1. The van der Waals surface area contributed by atoms with Crippen LogP contribution in [0.25, 0.3) is 0 Å². The molecular formula is C20H33N3O2. The number of likely N-dealkylation sites (tertiary alicyclic amines) is 3. The number of hydrogen-bond donors (Lipinski definition) is 0. The van der Waals surface area contributed by atoms with Crippen molar-refractivity contribution in [1.29, 1.82) is 0 Å². The van der Waals surface area contributed by atoms with E-state index in [1.165, 1.54) is 38.5 Å². The molecule has 3 aliphatic heterocycles. The van der Waals surface area contributed by atoms with E-state index in [4.69, 9.17) is 0 Å². The molecule has 1 saturated carbocycles. The topological polar surface area (TPSA) is 43.9 Å². The summed E-state index contributed by atoms with van der Waals surface area (Å²) in [6.45, 7) is 4.18. The summed E-state index contributed by atoms with van der Waals surface area (Å²) in [4.78, 5) is 32.4. The Hall–Kier alpha value is -1.26. The van der Waals surface area contributed by atoms with Gasteiger partial charge in [0.2, 0.25) is 5.91 Å². The van der Waals surface area contributed by atoms with Gasteiger partial charge in [0.1, 0.15) is 0 Å². The van der Waals surface area contributed by atoms with Gasteiger partial charge >= 0.3 is 6.03 Å². The second kappa shape index (κ2) is 7.16. The van der Waals surface area contributed by atoms with Crippen LogP contribution in [0.5, 0.6) is 0 Å². The quantitative estimate of drug-likeness (QED) is 0.731. The number of amides is 3. The highest BCUT2D eigenvalue weighted by molar-refractivity contribution is 5.86. The number of carbonyl (C=O) groups excluding carboxylic acids is 2. The van der Waals surface area contributed by atoms with Crippen LogP contribution in [0.2, 0.25) is 0 Å². The summed E-state index contributed by atoms with van der Waals surface area (Å²) in [6, 6.07) is 0.650. The zero-order chi connectivity index (χ0) is 17.3. The van der Waals surface area contributed by atoms with Crippen molar-refractivity contribution in [2.24, 2.45) is 5.41 Å². The first kappa shape index (κ1) is 17.2. The molecule has 4 fully saturated rings. The lowest BCUT2D eigenvalue weighted by Crippen LogP contribution is -2.54. The molecule has 1 aliphatic carbocycles. The average Bonchev–Trinajstić information content (AvgIpc) is 2.98. The third kappa shape index (κ3) is 3.26. The highest BCUT2D eigenvalue weighted by Crippen LogP contribution is 2.42. The van der Waals surface area contributed by atoms with E-state index in [1.54, 1.807) is 0 Å². The molecule has 0 aromatic carbocycles. The van der Waals surface area contributed by atoms with Gasteiger partial charge in [0.15, 0.2) is 0 Å². The van der Waals surface area contributed by atoms with E-state index in [0.717, 1.165) is 58.3 Å². The zero-order valence-electron chi connectivity index (χ0n) is 15.5. The molecule has 5 heteroatoms. The van der Waals surface area contributed by atoms with Crippen molar-refractivity contribution in [3.8, 4) is 0 Å². The summed E-state index contributed by atoms with van der Waals surface area (Å²) in [5.41, 5.74) is -0.277. The Kier molecular flexibility index (Phi) is 4.92. The van der Waals surface area contributed by atoms with Gasteiger partial charge in [-0.2, -0.15) is 0 Å². The van der Waals surface area contributed by atoms with E-state index in [-0.39, 0.29) is 11.4 Å². The fourth-order valence-electron chi connectivity index (χ4n) is 5.55. The normalized spacial score (nSPS) is 31.8. The fourth-order valence-corrected chi connectivity index (χ4v) is 5.55. The molecule has 3 saturated heterocycles. The zero-order valence-corrected chi connectivity index (χ0v) is 15.5. The smallest absolute Gasteiger partial charge is 0.320 e. The van der Waals surface area contributed by atoms with Gasteiger partial charge in [0, 0.05) is 38.8 Å². The van der Waals surface area contributed by atoms with Gasteiger partial charge in [-0.3, -0.25) is 4.79 Å². The number of hydrogen-bond acceptors (Lipinski definition) is 2. The monoisotopic (exact) mass is 347 g/mol. The second-order valence-electron chi connectivity index (χ2n) is 8.68. The van der Waals surface area contributed by atoms with Gasteiger partial charge in [0.25, 0.3) is 0 Å². The molecule has 0 aromatic heterocycles. The van der Waals surface area contributed by atoms with Gasteiger partial charge in [-0.15, -0.1) is 0 Å². The van der Waals surface area contributed by atoms with E-state index in [1.807, 2.05) is 9.80 Å². The molecule has 4 aliphatic rings. The van der Waals surface area contributed by atoms with Crippen LogP contribution in [0.4, 0.5) is 4.79 Å². The lowest BCUT2D eigenvalue weighted by Gasteiger charge is -2.42. The minimum atomic E-state index is -0.277. The highest BCUT2D eigenvalue weighted by atomic mass is 16.2. The van der Waals surface area contributed by atoms with E-state index in [0.29, 0.717) is 18.5 Å². The minimum Gasteiger partial charge on any atom is -0.339 e. The fraction of sp³-hybridized carbons (Fsp3) is 0.900. The summed E-state index contributed by atoms with van der Waals surface area (Å²) < 4.78 is 0. The summed E-state index contributed by atoms with van der Waals surface area (Å²) >= 11 is 0. The first-order valence-electron chi connectivity index (χ1n) is 10.5. The predicted octanol–water partition coefficient (Wildman–Crippen LogP) is 3.24. The van der Waals surface area contributed by atoms with E-state index < -0.39 is 0 Å². The Bertz CT molecular complexity index is 511. The molecule has 140 valence electrons. The molecule has 5 nitrogen and oxygen atoms in total. The maximum Gasteiger partial charge on any atom is 0.320 e. The summed E-state index contributed by atoms with van der Waals surface area (Å²) in [5, 5.41) is 0. The summed E-state index contributed by atoms with van der Waals surface area (Å²) in [7, 11) is 0. The van der Waals surface area contributed by atoms with Gasteiger partial charge in [0.05, 0.1) is 5.41 Å². The predicted molar refractivity (Wildman–Crippen MR) is 97.3 cm³/mol. The molecule has 0 aromatic rings. The van der Waals surface area contributed by atoms with Crippen LogP contribution >= 0.6 is 0 Å². The van der Waals surface area contributed by atoms with Gasteiger partial charge in [-0.05, 0) is 51.4 Å². The average molecular weight is 348 g/mol. The molecule has 1 spiro atoms. The van der Waals surface area contributed by atoms with Crippen LogP contribution in [0, 0.1) is 5.41 Å². The minimum absolute atomic E-state index is 0.183. The van der Waals surface area contributed by atoms with Crippen molar-refractivity contribution in [1.82, 2.24) is 14.7 Å². The van der Waals surface area contributed by atoms with Crippen molar-refractivity contribution in [2.45, 2.75) is 76.7 Å². The van der Waals surface area contributed by atoms with Crippen LogP contribution in [-0.4, -0.2) is 65.4 Å². The van der Waals surface area contributed by atoms with Crippen LogP contribution in [0.15, 0.2) is 0 Å². The Morgan fingerprint density at radius 2 is 1.48 bits per heavy atom. The first-order chi connectivity index (χ1) is 12.2. The first-order valence-corrected chi connectivity index (χ1v) is 10.5. The van der Waals surface area contributed by atoms with E-state index >= 15 is 0 Å². The van der Waals surface area contributed by atoms with Crippen LogP contribution in [-0.2, 0) is 4.79 Å². The molecule has 0 N–H and O–H groups in total. The Labute approximate surface area is 151 Å². The van der Waals surface area contributed by atoms with Gasteiger partial charge in [-0.25, -0.2) is 4.79 Å². The third-order valence-corrected chi connectivity index (χ3v) is 7.04. The molecule has 25 heavy (non-hydrogen) atoms. The Morgan fingerprint density at radius 1 is 0.800 bits per heavy atom. The molecule has 4 rings (SSSR count). The van der Waals surface area contributed by atoms with E-state index in [2.05, 4.69) is 4.90 Å². The van der Waals surface area contributed by atoms with Crippen LogP contribution < -0.4 is 0 Å². The summed E-state index contributed by atoms with van der Waals surface area (Å²) in [6.07, 6.45) is 12.6. The van der Waals surface area contributed by atoms with Crippen molar-refractivity contribution in [3.63, 3.8) is 0 Å². The van der Waals surface area contributed by atoms with E-state index in [9.17, 15) is 9.59 Å². The molecule has 3 amide bonds. The highest BCUT2D eigenvalue weighted by Gasteiger charge is 2.51. The number of rotatable bonds is 1. The Balaban J connectivity index is 1.43. The largest absolute Gasteiger partial charge is 0.339 e. The van der Waals surface area contributed by atoms with Gasteiger partial charge < -0.3 is 14.7 Å². The number of carbonyl (C=O) groups is 2. The maximum atomic E-state index is 13.3. The standard InChI is InChI=1S/C20H33N3O2/c24-18-20(11-15-23(18)17-8-3-1-4-9-17)10-7-14-22(16-20)19(25)21-12-5-2-6-13-21/h17H,1-16H2. The molecule has 0 bridgehead atoms. The molecule has 3 heterocycles. The molecular weight excluding hydrogens is 314 g/mol. The van der Waals surface area contributed by atoms with Crippen molar-refractivity contribution in [2.75, 3.05) is 32.7 Å². The number of nitrogens with zero attached hydrogens (tertiary/aromatic N) is 3. The summed E-state index contributed by atoms with van der Waals surface area (Å²) in [5.74, 6) is 0.357. The second-order valence-corrected chi connectivity index (χ2v) is 8.68. The van der Waals surface area contributed by atoms with Crippen molar-refractivity contribution in [3.05, 3.63) is 0 Å². The van der Waals surface area contributed by atoms with Crippen molar-refractivity contribution >= 4 is 11.9 Å². The maximum absolute atomic E-state index is 13.3. The number of urea groups is 1. The molecule has 1 atom stereocenters. The molecule has 1 unspecified atom stereocenters. The lowest BCUT2D eigenvalue weighted by atomic mass is 9.78. The lowest BCUT2D eigenvalue weighted by molar-refractivity contribution is -0.140. The third-order valence-electron chi connectivity index (χ3n) is 7.04. The molecule has 0 radical (unpaired) electrons. The number of piperidine rings is 2. The van der Waals surface area contributed by atoms with Crippen LogP contribution in [0.1, 0.15) is 70.6 Å². The van der Waals surface area contributed by atoms with Crippen molar-refractivity contribution < 1.29 is 9.59 Å².